The van der Waals surface area contributed by atoms with Gasteiger partial charge < -0.3 is 24.1 Å². The molecule has 0 saturated heterocycles. The highest BCUT2D eigenvalue weighted by Crippen LogP contribution is 1.89. The van der Waals surface area contributed by atoms with E-state index in [1.54, 1.807) is 0 Å². The Balaban J connectivity index is 3.06. The van der Waals surface area contributed by atoms with Gasteiger partial charge in [0.15, 0.2) is 0 Å². The van der Waals surface area contributed by atoms with Gasteiger partial charge >= 0.3 is 5.97 Å². The fourth-order valence-corrected chi connectivity index (χ4v) is 0.986. The van der Waals surface area contributed by atoms with E-state index in [1.807, 2.05) is 0 Å². The van der Waals surface area contributed by atoms with Crippen LogP contribution in [0.2, 0.25) is 0 Å². The number of hydrogen-bond donors (Lipinski definition) is 1. The van der Waals surface area contributed by atoms with Crippen LogP contribution >= 0.6 is 0 Å². The molecule has 0 bridgehead atoms. The Morgan fingerprint density at radius 2 is 1.56 bits per heavy atom. The number of esters is 1. The molecule has 0 aromatic rings. The van der Waals surface area contributed by atoms with Crippen molar-refractivity contribution < 1.29 is 28.8 Å². The van der Waals surface area contributed by atoms with Crippen molar-refractivity contribution in [2.75, 3.05) is 52.9 Å². The molecule has 0 radical (unpaired) electrons. The molecule has 18 heavy (non-hydrogen) atoms. The van der Waals surface area contributed by atoms with Crippen LogP contribution in [0.15, 0.2) is 12.7 Å². The average molecular weight is 262 g/mol. The van der Waals surface area contributed by atoms with Gasteiger partial charge in [0.25, 0.3) is 0 Å². The number of hydrogen-bond acceptors (Lipinski definition) is 6. The van der Waals surface area contributed by atoms with Gasteiger partial charge in [-0.3, -0.25) is 4.79 Å². The van der Waals surface area contributed by atoms with Crippen LogP contribution in [0.25, 0.3) is 0 Å². The third-order valence-electron chi connectivity index (χ3n) is 1.79. The lowest BCUT2D eigenvalue weighted by atomic mass is 10.5. The number of aliphatic hydroxyl groups excluding tert-OH is 1. The molecule has 0 aliphatic carbocycles. The molecule has 0 saturated carbocycles. The normalized spacial score (nSPS) is 10.3. The van der Waals surface area contributed by atoms with Crippen LogP contribution in [0.4, 0.5) is 0 Å². The lowest BCUT2D eigenvalue weighted by molar-refractivity contribution is -0.143. The van der Waals surface area contributed by atoms with E-state index >= 15 is 0 Å². The fourth-order valence-electron chi connectivity index (χ4n) is 0.986. The third kappa shape index (κ3) is 13.1. The zero-order chi connectivity index (χ0) is 13.5. The fraction of sp³-hybridized carbons (Fsp3) is 0.750. The maximum Gasteiger partial charge on any atom is 0.308 e. The van der Waals surface area contributed by atoms with Gasteiger partial charge in [-0.1, -0.05) is 12.7 Å². The van der Waals surface area contributed by atoms with Crippen LogP contribution in [0, 0.1) is 0 Å². The number of ether oxygens (including phenoxy) is 4. The van der Waals surface area contributed by atoms with Gasteiger partial charge in [-0.2, -0.15) is 0 Å². The lowest BCUT2D eigenvalue weighted by Crippen LogP contribution is -2.13. The standard InChI is InChI=1S/C12H22O6/c1-2-5-18-12(14)3-6-15-8-10-17-11-9-16-7-4-13/h2,13H,1,3-11H2. The second kappa shape index (κ2) is 14.1. The second-order valence-corrected chi connectivity index (χ2v) is 3.28. The minimum atomic E-state index is -0.298. The summed E-state index contributed by atoms with van der Waals surface area (Å²) in [6, 6.07) is 0. The summed E-state index contributed by atoms with van der Waals surface area (Å²) in [7, 11) is 0. The average Bonchev–Trinajstić information content (AvgIpc) is 2.38. The molecule has 1 N–H and O–H groups in total. The Labute approximate surface area is 107 Å². The second-order valence-electron chi connectivity index (χ2n) is 3.28. The van der Waals surface area contributed by atoms with E-state index in [4.69, 9.17) is 24.1 Å². The van der Waals surface area contributed by atoms with Crippen molar-refractivity contribution in [3.05, 3.63) is 12.7 Å². The Kier molecular flexibility index (Phi) is 13.4. The molecule has 0 aromatic heterocycles. The predicted octanol–water partition coefficient (Wildman–Crippen LogP) is 0.148. The molecular weight excluding hydrogens is 240 g/mol. The van der Waals surface area contributed by atoms with Crippen LogP contribution < -0.4 is 0 Å². The molecule has 0 atom stereocenters. The van der Waals surface area contributed by atoms with Crippen molar-refractivity contribution >= 4 is 5.97 Å². The van der Waals surface area contributed by atoms with Gasteiger partial charge in [0.2, 0.25) is 0 Å². The summed E-state index contributed by atoms with van der Waals surface area (Å²) in [6.45, 7) is 6.13. The molecule has 106 valence electrons. The first-order valence-corrected chi connectivity index (χ1v) is 5.92. The van der Waals surface area contributed by atoms with Gasteiger partial charge in [0.05, 0.1) is 52.7 Å². The van der Waals surface area contributed by atoms with Gasteiger partial charge in [-0.15, -0.1) is 0 Å². The lowest BCUT2D eigenvalue weighted by Gasteiger charge is -2.06. The molecule has 0 spiro atoms. The van der Waals surface area contributed by atoms with E-state index in [0.717, 1.165) is 0 Å². The molecular formula is C12H22O6. The summed E-state index contributed by atoms with van der Waals surface area (Å²) in [5, 5.41) is 8.44. The maximum absolute atomic E-state index is 11.0. The van der Waals surface area contributed by atoms with Crippen molar-refractivity contribution in [1.82, 2.24) is 0 Å². The molecule has 0 amide bonds. The molecule has 0 aliphatic rings. The first kappa shape index (κ1) is 17.1. The van der Waals surface area contributed by atoms with Crippen molar-refractivity contribution in [3.63, 3.8) is 0 Å². The molecule has 0 unspecified atom stereocenters. The van der Waals surface area contributed by atoms with Gasteiger partial charge in [-0.05, 0) is 0 Å². The Morgan fingerprint density at radius 3 is 2.11 bits per heavy atom. The van der Waals surface area contributed by atoms with E-state index in [2.05, 4.69) is 6.58 Å². The molecule has 0 aliphatic heterocycles. The van der Waals surface area contributed by atoms with Gasteiger partial charge in [0, 0.05) is 0 Å². The summed E-state index contributed by atoms with van der Waals surface area (Å²) >= 11 is 0. The van der Waals surface area contributed by atoms with Crippen LogP contribution in [-0.4, -0.2) is 63.9 Å². The highest BCUT2D eigenvalue weighted by atomic mass is 16.6. The van der Waals surface area contributed by atoms with Crippen molar-refractivity contribution in [2.24, 2.45) is 0 Å². The van der Waals surface area contributed by atoms with Gasteiger partial charge in [-0.25, -0.2) is 0 Å². The summed E-state index contributed by atoms with van der Waals surface area (Å²) < 4.78 is 20.1. The zero-order valence-corrected chi connectivity index (χ0v) is 10.6. The monoisotopic (exact) mass is 262 g/mol. The highest BCUT2D eigenvalue weighted by Gasteiger charge is 2.00. The van der Waals surface area contributed by atoms with E-state index in [9.17, 15) is 4.79 Å². The Hall–Kier alpha value is -0.950. The van der Waals surface area contributed by atoms with E-state index in [1.165, 1.54) is 6.08 Å². The number of carbonyl (C=O) groups is 1. The maximum atomic E-state index is 11.0. The topological polar surface area (TPSA) is 74.2 Å². The zero-order valence-electron chi connectivity index (χ0n) is 10.6. The minimum absolute atomic E-state index is 0.0189. The molecule has 6 nitrogen and oxygen atoms in total. The molecule has 0 aromatic carbocycles. The highest BCUT2D eigenvalue weighted by molar-refractivity contribution is 5.69. The molecule has 6 heteroatoms. The summed E-state index contributed by atoms with van der Waals surface area (Å²) in [6.07, 6.45) is 1.75. The van der Waals surface area contributed by atoms with Crippen LogP contribution in [0.3, 0.4) is 0 Å². The first-order valence-electron chi connectivity index (χ1n) is 5.92. The smallest absolute Gasteiger partial charge is 0.308 e. The van der Waals surface area contributed by atoms with Crippen molar-refractivity contribution in [1.29, 1.82) is 0 Å². The molecule has 0 rings (SSSR count). The van der Waals surface area contributed by atoms with Crippen molar-refractivity contribution in [2.45, 2.75) is 6.42 Å². The molecule has 0 fully saturated rings. The van der Waals surface area contributed by atoms with Crippen LogP contribution in [0.1, 0.15) is 6.42 Å². The summed E-state index contributed by atoms with van der Waals surface area (Å²) in [5.74, 6) is -0.298. The van der Waals surface area contributed by atoms with Crippen molar-refractivity contribution in [3.8, 4) is 0 Å². The van der Waals surface area contributed by atoms with Crippen LogP contribution in [0.5, 0.6) is 0 Å². The van der Waals surface area contributed by atoms with E-state index < -0.39 is 0 Å². The van der Waals surface area contributed by atoms with Gasteiger partial charge in [0.1, 0.15) is 6.61 Å². The Morgan fingerprint density at radius 1 is 1.00 bits per heavy atom. The minimum Gasteiger partial charge on any atom is -0.461 e. The third-order valence-corrected chi connectivity index (χ3v) is 1.79. The predicted molar refractivity (Wildman–Crippen MR) is 65.3 cm³/mol. The summed E-state index contributed by atoms with van der Waals surface area (Å²) in [4.78, 5) is 11.0. The number of rotatable bonds is 13. The number of carbonyl (C=O) groups excluding carboxylic acids is 1. The Bertz CT molecular complexity index is 207. The van der Waals surface area contributed by atoms with E-state index in [-0.39, 0.29) is 25.6 Å². The first-order chi connectivity index (χ1) is 8.81. The molecule has 0 heterocycles. The SMILES string of the molecule is C=CCOC(=O)CCOCCOCCOCCO. The van der Waals surface area contributed by atoms with Crippen LogP contribution in [-0.2, 0) is 23.7 Å². The van der Waals surface area contributed by atoms with E-state index in [0.29, 0.717) is 39.6 Å². The number of aliphatic hydroxyl groups is 1. The quantitative estimate of drug-likeness (QED) is 0.289. The summed E-state index contributed by atoms with van der Waals surface area (Å²) in [5.41, 5.74) is 0. The largest absolute Gasteiger partial charge is 0.461 e.